The highest BCUT2D eigenvalue weighted by molar-refractivity contribution is 7.50. The molecule has 0 amide bonds. The highest BCUT2D eigenvalue weighted by Crippen LogP contribution is 2.46. The SMILES string of the molecule is CNC1=C([PH](=O)C(C)C)C(F)=CCC1. The Labute approximate surface area is 85.1 Å². The average Bonchev–Trinajstić information content (AvgIpc) is 2.16. The van der Waals surface area contributed by atoms with Crippen molar-refractivity contribution in [3.05, 3.63) is 22.9 Å². The molecule has 0 radical (unpaired) electrons. The van der Waals surface area contributed by atoms with Crippen molar-refractivity contribution in [2.75, 3.05) is 7.05 Å². The van der Waals surface area contributed by atoms with Gasteiger partial charge in [-0.2, -0.15) is 0 Å². The summed E-state index contributed by atoms with van der Waals surface area (Å²) in [7, 11) is -0.239. The van der Waals surface area contributed by atoms with Gasteiger partial charge in [-0.05, 0) is 18.9 Å². The van der Waals surface area contributed by atoms with Gasteiger partial charge in [-0.3, -0.25) is 0 Å². The van der Waals surface area contributed by atoms with E-state index in [2.05, 4.69) is 5.32 Å². The van der Waals surface area contributed by atoms with E-state index in [0.717, 1.165) is 12.1 Å². The predicted octanol–water partition coefficient (Wildman–Crippen LogP) is 3.03. The van der Waals surface area contributed by atoms with Gasteiger partial charge in [0.2, 0.25) is 0 Å². The van der Waals surface area contributed by atoms with Crippen LogP contribution in [-0.4, -0.2) is 12.7 Å². The normalized spacial score (nSPS) is 19.6. The van der Waals surface area contributed by atoms with E-state index < -0.39 is 7.80 Å². The minimum absolute atomic E-state index is 0.0237. The molecule has 0 saturated carbocycles. The van der Waals surface area contributed by atoms with Gasteiger partial charge in [0, 0.05) is 18.4 Å². The van der Waals surface area contributed by atoms with Gasteiger partial charge in [-0.25, -0.2) is 4.39 Å². The molecule has 14 heavy (non-hydrogen) atoms. The van der Waals surface area contributed by atoms with Crippen molar-refractivity contribution < 1.29 is 8.96 Å². The molecule has 0 aromatic carbocycles. The largest absolute Gasteiger partial charge is 0.391 e. The third-order valence-corrected chi connectivity index (χ3v) is 4.41. The third-order valence-electron chi connectivity index (χ3n) is 2.33. The van der Waals surface area contributed by atoms with Crippen LogP contribution < -0.4 is 5.32 Å². The lowest BCUT2D eigenvalue weighted by atomic mass is 10.1. The summed E-state index contributed by atoms with van der Waals surface area (Å²) in [5.41, 5.74) is 0.832. The van der Waals surface area contributed by atoms with Gasteiger partial charge in [-0.15, -0.1) is 0 Å². The van der Waals surface area contributed by atoms with Gasteiger partial charge in [0.25, 0.3) is 0 Å². The van der Waals surface area contributed by atoms with Crippen molar-refractivity contribution in [3.63, 3.8) is 0 Å². The molecular weight excluding hydrogens is 200 g/mol. The Kier molecular flexibility index (Phi) is 3.94. The van der Waals surface area contributed by atoms with Crippen molar-refractivity contribution >= 4 is 7.80 Å². The maximum atomic E-state index is 13.5. The molecule has 1 atom stereocenters. The van der Waals surface area contributed by atoms with Crippen LogP contribution in [0.2, 0.25) is 0 Å². The number of hydrogen-bond donors (Lipinski definition) is 1. The Hall–Kier alpha value is -0.560. The van der Waals surface area contributed by atoms with Crippen LogP contribution >= 0.6 is 7.80 Å². The van der Waals surface area contributed by atoms with Gasteiger partial charge in [0.1, 0.15) is 13.6 Å². The summed E-state index contributed by atoms with van der Waals surface area (Å²) in [4.78, 5) is 0. The minimum Gasteiger partial charge on any atom is -0.391 e. The zero-order valence-corrected chi connectivity index (χ0v) is 9.86. The van der Waals surface area contributed by atoms with E-state index in [4.69, 9.17) is 0 Å². The topological polar surface area (TPSA) is 29.1 Å². The lowest BCUT2D eigenvalue weighted by Gasteiger charge is -2.18. The van der Waals surface area contributed by atoms with E-state index >= 15 is 0 Å². The molecule has 0 aromatic rings. The molecule has 0 bridgehead atoms. The molecule has 0 aromatic heterocycles. The maximum absolute atomic E-state index is 13.5. The number of rotatable bonds is 3. The van der Waals surface area contributed by atoms with Gasteiger partial charge in [-0.1, -0.05) is 13.8 Å². The van der Waals surface area contributed by atoms with Crippen LogP contribution in [0.3, 0.4) is 0 Å². The van der Waals surface area contributed by atoms with E-state index in [9.17, 15) is 8.96 Å². The molecule has 0 fully saturated rings. The molecule has 1 aliphatic carbocycles. The van der Waals surface area contributed by atoms with E-state index in [-0.39, 0.29) is 11.5 Å². The van der Waals surface area contributed by atoms with Crippen LogP contribution in [0.15, 0.2) is 22.9 Å². The lowest BCUT2D eigenvalue weighted by molar-refractivity contribution is 0.578. The van der Waals surface area contributed by atoms with Crippen LogP contribution in [0, 0.1) is 0 Å². The zero-order chi connectivity index (χ0) is 10.7. The minimum atomic E-state index is -1.99. The van der Waals surface area contributed by atoms with Crippen molar-refractivity contribution in [1.29, 1.82) is 0 Å². The Morgan fingerprint density at radius 2 is 2.21 bits per heavy atom. The van der Waals surface area contributed by atoms with Crippen molar-refractivity contribution in [2.24, 2.45) is 0 Å². The summed E-state index contributed by atoms with van der Waals surface area (Å²) in [6.07, 6.45) is 2.99. The van der Waals surface area contributed by atoms with Gasteiger partial charge in [0.05, 0.1) is 5.31 Å². The summed E-state index contributed by atoms with van der Waals surface area (Å²) >= 11 is 0. The van der Waals surface area contributed by atoms with Crippen LogP contribution in [0.5, 0.6) is 0 Å². The van der Waals surface area contributed by atoms with Crippen molar-refractivity contribution in [1.82, 2.24) is 5.32 Å². The molecular formula is C10H17FNOP. The highest BCUT2D eigenvalue weighted by atomic mass is 31.1. The Morgan fingerprint density at radius 3 is 2.71 bits per heavy atom. The summed E-state index contributed by atoms with van der Waals surface area (Å²) in [5, 5.41) is 3.37. The highest BCUT2D eigenvalue weighted by Gasteiger charge is 2.22. The van der Waals surface area contributed by atoms with E-state index in [1.807, 2.05) is 13.8 Å². The molecule has 0 saturated heterocycles. The smallest absolute Gasteiger partial charge is 0.131 e. The molecule has 1 unspecified atom stereocenters. The first-order valence-electron chi connectivity index (χ1n) is 4.89. The number of allylic oxidation sites excluding steroid dienone is 4. The Morgan fingerprint density at radius 1 is 1.57 bits per heavy atom. The summed E-state index contributed by atoms with van der Waals surface area (Å²) in [6.45, 7) is 3.73. The summed E-state index contributed by atoms with van der Waals surface area (Å²) in [6, 6.07) is 0. The van der Waals surface area contributed by atoms with Gasteiger partial charge >= 0.3 is 0 Å². The number of halogens is 1. The van der Waals surface area contributed by atoms with E-state index in [1.165, 1.54) is 6.08 Å². The number of nitrogens with one attached hydrogen (secondary N) is 1. The summed E-state index contributed by atoms with van der Waals surface area (Å²) < 4.78 is 25.4. The van der Waals surface area contributed by atoms with E-state index in [0.29, 0.717) is 11.7 Å². The molecule has 1 aliphatic rings. The fourth-order valence-electron chi connectivity index (χ4n) is 1.52. The fourth-order valence-corrected chi connectivity index (χ4v) is 2.98. The second-order valence-electron chi connectivity index (χ2n) is 3.71. The average molecular weight is 217 g/mol. The molecule has 0 aliphatic heterocycles. The first kappa shape index (κ1) is 11.5. The lowest BCUT2D eigenvalue weighted by Crippen LogP contribution is -2.12. The van der Waals surface area contributed by atoms with Crippen molar-refractivity contribution in [2.45, 2.75) is 32.3 Å². The predicted molar refractivity (Wildman–Crippen MR) is 58.6 cm³/mol. The Balaban J connectivity index is 3.06. The van der Waals surface area contributed by atoms with Crippen LogP contribution in [-0.2, 0) is 4.57 Å². The van der Waals surface area contributed by atoms with Crippen LogP contribution in [0.1, 0.15) is 26.7 Å². The molecule has 0 heterocycles. The first-order chi connectivity index (χ1) is 6.57. The van der Waals surface area contributed by atoms with Crippen molar-refractivity contribution in [3.8, 4) is 0 Å². The zero-order valence-electron chi connectivity index (χ0n) is 8.86. The fraction of sp³-hybridized carbons (Fsp3) is 0.600. The number of hydrogen-bond acceptors (Lipinski definition) is 2. The van der Waals surface area contributed by atoms with Gasteiger partial charge in [0.15, 0.2) is 0 Å². The van der Waals surface area contributed by atoms with E-state index in [1.54, 1.807) is 7.05 Å². The summed E-state index contributed by atoms with van der Waals surface area (Å²) in [5.74, 6) is -0.293. The molecule has 80 valence electrons. The van der Waals surface area contributed by atoms with Gasteiger partial charge < -0.3 is 9.88 Å². The van der Waals surface area contributed by atoms with Crippen LogP contribution in [0.25, 0.3) is 0 Å². The second kappa shape index (κ2) is 4.79. The molecule has 1 N–H and O–H groups in total. The maximum Gasteiger partial charge on any atom is 0.131 e. The molecule has 1 rings (SSSR count). The second-order valence-corrected chi connectivity index (χ2v) is 6.10. The molecule has 4 heteroatoms. The van der Waals surface area contributed by atoms with Crippen LogP contribution in [0.4, 0.5) is 4.39 Å². The standard InChI is InChI=1S/C10H17FNOP/c1-7(2)14(13)10-8(11)5-4-6-9(10)12-3/h5,7,12,14H,4,6H2,1-3H3. The first-order valence-corrected chi connectivity index (χ1v) is 6.37. The molecule has 2 nitrogen and oxygen atoms in total. The molecule has 0 spiro atoms. The monoisotopic (exact) mass is 217 g/mol. The quantitative estimate of drug-likeness (QED) is 0.736. The third kappa shape index (κ3) is 2.27. The Bertz CT molecular complexity index is 307.